The molecule has 2 aromatic rings. The van der Waals surface area contributed by atoms with Crippen LogP contribution in [0.25, 0.3) is 0 Å². The van der Waals surface area contributed by atoms with E-state index in [1.165, 1.54) is 12.1 Å². The Kier molecular flexibility index (Phi) is 5.88. The lowest BCUT2D eigenvalue weighted by Gasteiger charge is -2.32. The van der Waals surface area contributed by atoms with Crippen LogP contribution in [0.15, 0.2) is 30.5 Å². The number of anilines is 1. The van der Waals surface area contributed by atoms with Crippen LogP contribution in [0, 0.1) is 18.7 Å². The van der Waals surface area contributed by atoms with Gasteiger partial charge >= 0.3 is 0 Å². The van der Waals surface area contributed by atoms with E-state index >= 15 is 0 Å². The zero-order valence-electron chi connectivity index (χ0n) is 15.2. The fraction of sp³-hybridized carbons (Fsp3) is 0.474. The van der Waals surface area contributed by atoms with Crippen molar-refractivity contribution in [3.05, 3.63) is 42.0 Å². The van der Waals surface area contributed by atoms with Crippen molar-refractivity contribution in [1.82, 2.24) is 14.7 Å². The number of hydrogen-bond donors (Lipinski definition) is 1. The first-order chi connectivity index (χ1) is 12.5. The van der Waals surface area contributed by atoms with Gasteiger partial charge in [0.1, 0.15) is 11.6 Å². The highest BCUT2D eigenvalue weighted by molar-refractivity contribution is 5.92. The second kappa shape index (κ2) is 8.31. The van der Waals surface area contributed by atoms with Crippen molar-refractivity contribution in [3.63, 3.8) is 0 Å². The number of nitrogens with zero attached hydrogens (tertiary/aromatic N) is 3. The third kappa shape index (κ3) is 4.82. The number of halogens is 1. The van der Waals surface area contributed by atoms with Crippen LogP contribution >= 0.6 is 0 Å². The molecule has 1 aromatic heterocycles. The van der Waals surface area contributed by atoms with Crippen molar-refractivity contribution in [2.75, 3.05) is 31.6 Å². The highest BCUT2D eigenvalue weighted by Gasteiger charge is 2.22. The number of carbonyl (C=O) groups is 1. The summed E-state index contributed by atoms with van der Waals surface area (Å²) >= 11 is 0. The summed E-state index contributed by atoms with van der Waals surface area (Å²) in [5.74, 6) is 0.743. The molecular formula is C19H25FN4O2. The van der Waals surface area contributed by atoms with Crippen LogP contribution in [0.2, 0.25) is 0 Å². The Morgan fingerprint density at radius 1 is 1.38 bits per heavy atom. The minimum Gasteiger partial charge on any atom is -0.493 e. The van der Waals surface area contributed by atoms with Gasteiger partial charge in [-0.2, -0.15) is 5.10 Å². The molecule has 140 valence electrons. The number of nitrogens with one attached hydrogen (secondary N) is 1. The molecule has 1 aromatic carbocycles. The zero-order valence-corrected chi connectivity index (χ0v) is 15.2. The summed E-state index contributed by atoms with van der Waals surface area (Å²) < 4.78 is 20.4. The number of piperidine rings is 1. The molecule has 6 nitrogen and oxygen atoms in total. The molecule has 1 aliphatic rings. The topological polar surface area (TPSA) is 59.4 Å². The van der Waals surface area contributed by atoms with Crippen LogP contribution in [-0.4, -0.2) is 46.8 Å². The Morgan fingerprint density at radius 3 is 2.85 bits per heavy atom. The van der Waals surface area contributed by atoms with E-state index in [1.54, 1.807) is 23.0 Å². The maximum Gasteiger partial charge on any atom is 0.238 e. The molecule has 0 saturated carbocycles. The largest absolute Gasteiger partial charge is 0.493 e. The van der Waals surface area contributed by atoms with E-state index < -0.39 is 0 Å². The van der Waals surface area contributed by atoms with Crippen LogP contribution in [0.4, 0.5) is 10.1 Å². The quantitative estimate of drug-likeness (QED) is 0.860. The summed E-state index contributed by atoms with van der Waals surface area (Å²) in [5.41, 5.74) is 1.69. The molecule has 1 aliphatic heterocycles. The van der Waals surface area contributed by atoms with Crippen molar-refractivity contribution < 1.29 is 13.9 Å². The van der Waals surface area contributed by atoms with Gasteiger partial charge in [-0.3, -0.25) is 14.4 Å². The van der Waals surface area contributed by atoms with Crippen molar-refractivity contribution in [1.29, 1.82) is 0 Å². The smallest absolute Gasteiger partial charge is 0.238 e. The van der Waals surface area contributed by atoms with E-state index in [-0.39, 0.29) is 11.7 Å². The Bertz CT molecular complexity index is 744. The molecular weight excluding hydrogens is 335 g/mol. The second-order valence-electron chi connectivity index (χ2n) is 6.82. The predicted molar refractivity (Wildman–Crippen MR) is 97.6 cm³/mol. The molecule has 1 atom stereocenters. The monoisotopic (exact) mass is 360 g/mol. The van der Waals surface area contributed by atoms with Gasteiger partial charge in [-0.25, -0.2) is 4.39 Å². The molecule has 1 fully saturated rings. The van der Waals surface area contributed by atoms with Gasteiger partial charge < -0.3 is 10.1 Å². The molecule has 7 heteroatoms. The minimum absolute atomic E-state index is 0.0267. The average molecular weight is 360 g/mol. The third-order valence-corrected chi connectivity index (χ3v) is 4.78. The Labute approximate surface area is 152 Å². The van der Waals surface area contributed by atoms with Crippen molar-refractivity contribution in [3.8, 4) is 5.75 Å². The van der Waals surface area contributed by atoms with Gasteiger partial charge in [0, 0.05) is 19.5 Å². The van der Waals surface area contributed by atoms with Gasteiger partial charge in [-0.1, -0.05) is 0 Å². The van der Waals surface area contributed by atoms with Crippen molar-refractivity contribution >= 4 is 11.6 Å². The molecule has 0 aliphatic carbocycles. The summed E-state index contributed by atoms with van der Waals surface area (Å²) in [4.78, 5) is 14.5. The highest BCUT2D eigenvalue weighted by atomic mass is 19.1. The van der Waals surface area contributed by atoms with Gasteiger partial charge in [0.25, 0.3) is 0 Å². The highest BCUT2D eigenvalue weighted by Crippen LogP contribution is 2.19. The number of aryl methyl sites for hydroxylation is 1. The molecule has 0 spiro atoms. The first-order valence-corrected chi connectivity index (χ1v) is 8.90. The number of aromatic nitrogens is 2. The molecule has 1 saturated heterocycles. The van der Waals surface area contributed by atoms with Gasteiger partial charge in [-0.05, 0) is 50.6 Å². The van der Waals surface area contributed by atoms with E-state index in [2.05, 4.69) is 15.3 Å². The number of hydrogen-bond acceptors (Lipinski definition) is 4. The SMILES string of the molecule is Cc1c(NC(=O)CN2CCC[C@@H](COc3ccc(F)cc3)C2)cnn1C. The normalized spacial score (nSPS) is 17.9. The standard InChI is InChI=1S/C19H25FN4O2/c1-14-18(10-21-23(14)2)22-19(25)12-24-9-3-4-15(11-24)13-26-17-7-5-16(20)6-8-17/h5-8,10,15H,3-4,9,11-13H2,1-2H3,(H,22,25)/t15-/m1/s1. The Balaban J connectivity index is 1.46. The van der Waals surface area contributed by atoms with E-state index in [1.807, 2.05) is 14.0 Å². The molecule has 0 radical (unpaired) electrons. The maximum absolute atomic E-state index is 12.9. The number of ether oxygens (including phenoxy) is 1. The van der Waals surface area contributed by atoms with E-state index in [0.717, 1.165) is 37.3 Å². The van der Waals surface area contributed by atoms with Crippen LogP contribution in [0.1, 0.15) is 18.5 Å². The molecule has 26 heavy (non-hydrogen) atoms. The van der Waals surface area contributed by atoms with E-state index in [9.17, 15) is 9.18 Å². The number of benzene rings is 1. The van der Waals surface area contributed by atoms with E-state index in [4.69, 9.17) is 4.74 Å². The summed E-state index contributed by atoms with van der Waals surface area (Å²) in [6.45, 7) is 4.59. The van der Waals surface area contributed by atoms with Crippen molar-refractivity contribution in [2.24, 2.45) is 13.0 Å². The second-order valence-corrected chi connectivity index (χ2v) is 6.82. The molecule has 1 amide bonds. The minimum atomic E-state index is -0.268. The van der Waals surface area contributed by atoms with E-state index in [0.29, 0.717) is 24.8 Å². The fourth-order valence-corrected chi connectivity index (χ4v) is 3.19. The molecule has 1 N–H and O–H groups in total. The third-order valence-electron chi connectivity index (χ3n) is 4.78. The molecule has 3 rings (SSSR count). The average Bonchev–Trinajstić information content (AvgIpc) is 2.93. The first kappa shape index (κ1) is 18.4. The summed E-state index contributed by atoms with van der Waals surface area (Å²) in [6, 6.07) is 6.07. The lowest BCUT2D eigenvalue weighted by molar-refractivity contribution is -0.117. The fourth-order valence-electron chi connectivity index (χ4n) is 3.19. The van der Waals surface area contributed by atoms with Crippen LogP contribution in [0.5, 0.6) is 5.75 Å². The van der Waals surface area contributed by atoms with Crippen LogP contribution < -0.4 is 10.1 Å². The van der Waals surface area contributed by atoms with Gasteiger partial charge in [0.15, 0.2) is 0 Å². The van der Waals surface area contributed by atoms with Gasteiger partial charge in [0.2, 0.25) is 5.91 Å². The lowest BCUT2D eigenvalue weighted by atomic mass is 9.99. The first-order valence-electron chi connectivity index (χ1n) is 8.90. The maximum atomic E-state index is 12.9. The molecule has 0 bridgehead atoms. The Hall–Kier alpha value is -2.41. The predicted octanol–water partition coefficient (Wildman–Crippen LogP) is 2.60. The van der Waals surface area contributed by atoms with Gasteiger partial charge in [0.05, 0.1) is 30.7 Å². The Morgan fingerprint density at radius 2 is 2.15 bits per heavy atom. The summed E-state index contributed by atoms with van der Waals surface area (Å²) in [7, 11) is 1.85. The van der Waals surface area contributed by atoms with Crippen LogP contribution in [-0.2, 0) is 11.8 Å². The number of likely N-dealkylation sites (tertiary alicyclic amines) is 1. The summed E-state index contributed by atoms with van der Waals surface area (Å²) in [5, 5.41) is 7.06. The number of amides is 1. The summed E-state index contributed by atoms with van der Waals surface area (Å²) in [6.07, 6.45) is 3.78. The molecule has 2 heterocycles. The van der Waals surface area contributed by atoms with Crippen LogP contribution in [0.3, 0.4) is 0 Å². The van der Waals surface area contributed by atoms with Gasteiger partial charge in [-0.15, -0.1) is 0 Å². The molecule has 0 unspecified atom stereocenters. The van der Waals surface area contributed by atoms with Crippen molar-refractivity contribution in [2.45, 2.75) is 19.8 Å². The number of rotatable bonds is 6. The lowest BCUT2D eigenvalue weighted by Crippen LogP contribution is -2.42. The number of carbonyl (C=O) groups excluding carboxylic acids is 1. The zero-order chi connectivity index (χ0) is 18.5.